The Morgan fingerprint density at radius 1 is 0.600 bits per heavy atom. The van der Waals surface area contributed by atoms with Gasteiger partial charge in [-0.25, -0.2) is 0 Å². The van der Waals surface area contributed by atoms with Gasteiger partial charge in [-0.2, -0.15) is 0 Å². The van der Waals surface area contributed by atoms with E-state index in [0.717, 1.165) is 0 Å². The molecule has 20 heavy (non-hydrogen) atoms. The Labute approximate surface area is 123 Å². The highest BCUT2D eigenvalue weighted by molar-refractivity contribution is 7.46. The van der Waals surface area contributed by atoms with Crippen molar-refractivity contribution in [2.75, 3.05) is 14.2 Å². The topological polar surface area (TPSA) is 18.5 Å². The van der Waals surface area contributed by atoms with Crippen LogP contribution in [0.25, 0.3) is 0 Å². The molecule has 0 radical (unpaired) electrons. The van der Waals surface area contributed by atoms with Gasteiger partial charge in [-0.1, -0.05) is 60.7 Å². The maximum atomic E-state index is 6.11. The van der Waals surface area contributed by atoms with Crippen molar-refractivity contribution in [3.63, 3.8) is 0 Å². The van der Waals surface area contributed by atoms with Gasteiger partial charge in [-0.05, 0) is 23.5 Å². The quantitative estimate of drug-likeness (QED) is 0.789. The maximum Gasteiger partial charge on any atom is 0.242 e. The van der Waals surface area contributed by atoms with Crippen molar-refractivity contribution in [2.24, 2.45) is 0 Å². The predicted octanol–water partition coefficient (Wildman–Crippen LogP) is 2.32. The van der Waals surface area contributed by atoms with Crippen LogP contribution >= 0.6 is 0 Å². The van der Waals surface area contributed by atoms with E-state index in [1.165, 1.54) is 10.4 Å². The van der Waals surface area contributed by atoms with Crippen LogP contribution in [0, 0.1) is 0 Å². The molecule has 0 aliphatic carbocycles. The van der Waals surface area contributed by atoms with Gasteiger partial charge in [-0.3, -0.25) is 0 Å². The molecule has 0 aliphatic heterocycles. The van der Waals surface area contributed by atoms with E-state index in [0.29, 0.717) is 0 Å². The van der Waals surface area contributed by atoms with Gasteiger partial charge in [0, 0.05) is 14.2 Å². The van der Waals surface area contributed by atoms with Gasteiger partial charge in [0.15, 0.2) is 0 Å². The Hall–Kier alpha value is -1.21. The lowest BCUT2D eigenvalue weighted by atomic mass is 10.4. The molecular weight excluding hydrogens is 280 g/mol. The van der Waals surface area contributed by atoms with Crippen LogP contribution in [0.15, 0.2) is 60.7 Å². The summed E-state index contributed by atoms with van der Waals surface area (Å²) in [6.07, 6.45) is 0. The largest absolute Gasteiger partial charge is 0.415 e. The van der Waals surface area contributed by atoms with E-state index in [2.05, 4.69) is 61.6 Å². The van der Waals surface area contributed by atoms with E-state index < -0.39 is 15.7 Å². The average Bonchev–Trinajstić information content (AvgIpc) is 2.54. The van der Waals surface area contributed by atoms with Gasteiger partial charge in [0.2, 0.25) is 15.7 Å². The minimum Gasteiger partial charge on any atom is -0.415 e. The molecule has 2 rings (SSSR count). The second-order valence-electron chi connectivity index (χ2n) is 5.21. The molecule has 106 valence electrons. The van der Waals surface area contributed by atoms with Crippen molar-refractivity contribution in [1.82, 2.24) is 0 Å². The Balaban J connectivity index is 2.58. The van der Waals surface area contributed by atoms with Crippen molar-refractivity contribution in [3.05, 3.63) is 60.7 Å². The molecule has 2 nitrogen and oxygen atoms in total. The average molecular weight is 303 g/mol. The summed E-state index contributed by atoms with van der Waals surface area (Å²) in [5.41, 5.74) is 0. The third-order valence-electron chi connectivity index (χ3n) is 4.38. The first-order valence-corrected chi connectivity index (χ1v) is 12.6. The summed E-state index contributed by atoms with van der Waals surface area (Å²) in [6, 6.07) is 21.1. The first-order valence-electron chi connectivity index (χ1n) is 6.80. The van der Waals surface area contributed by atoms with Crippen LogP contribution in [-0.2, 0) is 8.85 Å². The van der Waals surface area contributed by atoms with E-state index in [4.69, 9.17) is 8.85 Å². The molecule has 2 unspecified atom stereocenters. The Morgan fingerprint density at radius 3 is 1.15 bits per heavy atom. The van der Waals surface area contributed by atoms with Crippen molar-refractivity contribution in [3.8, 4) is 0 Å². The summed E-state index contributed by atoms with van der Waals surface area (Å²) >= 11 is 0. The molecule has 0 aliphatic rings. The second kappa shape index (κ2) is 6.05. The molecule has 0 fully saturated rings. The van der Waals surface area contributed by atoms with Crippen LogP contribution in [0.4, 0.5) is 0 Å². The monoisotopic (exact) mass is 302 g/mol. The standard InChI is InChI=1S/C16H22O2Si2/c1-17-19(3,15-11-7-5-8-12-15)20(4,18-2)16-13-9-6-10-14-16/h5-14H,1-4H3. The van der Waals surface area contributed by atoms with Crippen molar-refractivity contribution >= 4 is 26.0 Å². The lowest BCUT2D eigenvalue weighted by molar-refractivity contribution is 0.386. The molecule has 0 aromatic heterocycles. The Bertz CT molecular complexity index is 495. The number of benzene rings is 2. The van der Waals surface area contributed by atoms with Crippen LogP contribution in [0.5, 0.6) is 0 Å². The molecular formula is C16H22O2Si2. The molecule has 0 N–H and O–H groups in total. The van der Waals surface area contributed by atoms with Crippen molar-refractivity contribution < 1.29 is 8.85 Å². The number of rotatable bonds is 5. The zero-order valence-corrected chi connectivity index (χ0v) is 14.6. The fourth-order valence-corrected chi connectivity index (χ4v) is 13.3. The van der Waals surface area contributed by atoms with E-state index in [9.17, 15) is 0 Å². The summed E-state index contributed by atoms with van der Waals surface area (Å²) in [6.45, 7) is 4.54. The first-order chi connectivity index (χ1) is 9.58. The normalized spacial score (nSPS) is 17.2. The number of hydrogen-bond donors (Lipinski definition) is 0. The van der Waals surface area contributed by atoms with Gasteiger partial charge in [0.25, 0.3) is 0 Å². The van der Waals surface area contributed by atoms with Crippen molar-refractivity contribution in [2.45, 2.75) is 13.1 Å². The molecule has 2 atom stereocenters. The number of hydrogen-bond acceptors (Lipinski definition) is 2. The summed E-state index contributed by atoms with van der Waals surface area (Å²) in [5.74, 6) is 0. The second-order valence-corrected chi connectivity index (χ2v) is 17.0. The van der Waals surface area contributed by atoms with Gasteiger partial charge in [0.05, 0.1) is 0 Å². The highest BCUT2D eigenvalue weighted by Crippen LogP contribution is 2.21. The lowest BCUT2D eigenvalue weighted by Gasteiger charge is -2.40. The predicted molar refractivity (Wildman–Crippen MR) is 89.4 cm³/mol. The third kappa shape index (κ3) is 2.40. The van der Waals surface area contributed by atoms with Gasteiger partial charge in [0.1, 0.15) is 0 Å². The molecule has 4 heteroatoms. The highest BCUT2D eigenvalue weighted by Gasteiger charge is 2.54. The van der Waals surface area contributed by atoms with Gasteiger partial charge in [-0.15, -0.1) is 0 Å². The molecule has 0 bridgehead atoms. The molecule has 0 heterocycles. The van der Waals surface area contributed by atoms with Crippen LogP contribution in [0.3, 0.4) is 0 Å². The van der Waals surface area contributed by atoms with E-state index in [1.54, 1.807) is 0 Å². The lowest BCUT2D eigenvalue weighted by Crippen LogP contribution is -2.74. The van der Waals surface area contributed by atoms with Crippen LogP contribution in [-0.4, -0.2) is 29.9 Å². The molecule has 0 saturated carbocycles. The Morgan fingerprint density at radius 2 is 0.900 bits per heavy atom. The van der Waals surface area contributed by atoms with Gasteiger partial charge >= 0.3 is 0 Å². The van der Waals surface area contributed by atoms with Crippen molar-refractivity contribution in [1.29, 1.82) is 0 Å². The molecule has 0 saturated heterocycles. The minimum absolute atomic E-state index is 1.29. The maximum absolute atomic E-state index is 6.11. The van der Waals surface area contributed by atoms with Crippen LogP contribution in [0.2, 0.25) is 13.1 Å². The zero-order chi connectivity index (χ0) is 14.6. The summed E-state index contributed by atoms with van der Waals surface area (Å²) in [7, 11) is -0.703. The fourth-order valence-electron chi connectivity index (χ4n) is 2.69. The SMILES string of the molecule is CO[Si](C)(c1ccccc1)[Si](C)(OC)c1ccccc1. The summed E-state index contributed by atoms with van der Waals surface area (Å²) < 4.78 is 12.2. The first kappa shape index (κ1) is 15.2. The van der Waals surface area contributed by atoms with Gasteiger partial charge < -0.3 is 8.85 Å². The van der Waals surface area contributed by atoms with E-state index in [-0.39, 0.29) is 0 Å². The summed E-state index contributed by atoms with van der Waals surface area (Å²) in [4.78, 5) is 0. The van der Waals surface area contributed by atoms with Crippen LogP contribution < -0.4 is 10.4 Å². The third-order valence-corrected chi connectivity index (χ3v) is 19.1. The van der Waals surface area contributed by atoms with E-state index >= 15 is 0 Å². The molecule has 0 spiro atoms. The minimum atomic E-state index is -2.18. The van der Waals surface area contributed by atoms with E-state index in [1.807, 2.05) is 26.4 Å². The Kier molecular flexibility index (Phi) is 4.60. The molecule has 2 aromatic carbocycles. The summed E-state index contributed by atoms with van der Waals surface area (Å²) in [5, 5.41) is 2.59. The van der Waals surface area contributed by atoms with Crippen LogP contribution in [0.1, 0.15) is 0 Å². The zero-order valence-electron chi connectivity index (χ0n) is 12.6. The smallest absolute Gasteiger partial charge is 0.242 e. The fraction of sp³-hybridized carbons (Fsp3) is 0.250. The molecule has 0 amide bonds. The highest BCUT2D eigenvalue weighted by atomic mass is 29.3. The molecule has 2 aromatic rings.